The van der Waals surface area contributed by atoms with Gasteiger partial charge in [0.1, 0.15) is 11.5 Å². The third-order valence-corrected chi connectivity index (χ3v) is 8.15. The Balaban J connectivity index is 1.27. The van der Waals surface area contributed by atoms with Crippen molar-refractivity contribution in [2.45, 2.75) is 64.8 Å². The van der Waals surface area contributed by atoms with Crippen LogP contribution in [0.1, 0.15) is 73.8 Å². The molecule has 2 aliphatic rings. The van der Waals surface area contributed by atoms with E-state index < -0.39 is 5.91 Å². The molecule has 1 aliphatic heterocycles. The summed E-state index contributed by atoms with van der Waals surface area (Å²) in [4.78, 5) is 67.0. The van der Waals surface area contributed by atoms with Crippen LogP contribution in [-0.4, -0.2) is 73.4 Å². The zero-order valence-electron chi connectivity index (χ0n) is 23.9. The first-order valence-electron chi connectivity index (χ1n) is 14.4. The molecule has 3 N–H and O–H groups in total. The molecule has 0 spiro atoms. The van der Waals surface area contributed by atoms with E-state index in [1.165, 1.54) is 6.92 Å². The first-order chi connectivity index (χ1) is 20.3. The van der Waals surface area contributed by atoms with Gasteiger partial charge < -0.3 is 15.1 Å². The molecular formula is C29H36N8O5. The Bertz CT molecular complexity index is 1540. The van der Waals surface area contributed by atoms with Crippen LogP contribution in [0.3, 0.4) is 0 Å². The number of hydroxylamine groups is 1. The van der Waals surface area contributed by atoms with Gasteiger partial charge >= 0.3 is 0 Å². The Labute approximate surface area is 242 Å². The van der Waals surface area contributed by atoms with Crippen LogP contribution in [0.2, 0.25) is 0 Å². The number of rotatable bonds is 9. The zero-order valence-corrected chi connectivity index (χ0v) is 23.9. The highest BCUT2D eigenvalue weighted by Gasteiger charge is 2.26. The summed E-state index contributed by atoms with van der Waals surface area (Å²) in [6.07, 6.45) is 7.99. The standard InChI is InChI=1S/C29H36N8O5/c1-18-22-17-31-29(33-27(22)37(20-6-3-4-7-20)28(41)26(18)19(2)38)32-23-11-10-21(16-30-23)35-12-14-36(15-13-35)25(40)9-5-8-24(39)34-42/h10-11,16-17,20,42H,3-9,12-15H2,1-2H3,(H,34,39)(H,30,31,32,33). The van der Waals surface area contributed by atoms with Crippen LogP contribution in [0.5, 0.6) is 0 Å². The molecule has 0 atom stereocenters. The molecule has 0 aromatic carbocycles. The summed E-state index contributed by atoms with van der Waals surface area (Å²) in [6.45, 7) is 5.65. The van der Waals surface area contributed by atoms with Crippen molar-refractivity contribution in [1.82, 2.24) is 29.9 Å². The van der Waals surface area contributed by atoms with Crippen molar-refractivity contribution in [3.8, 4) is 0 Å². The maximum atomic E-state index is 13.4. The van der Waals surface area contributed by atoms with E-state index in [0.29, 0.717) is 61.0 Å². The fourth-order valence-corrected chi connectivity index (χ4v) is 5.90. The number of hydrogen-bond donors (Lipinski definition) is 3. The third kappa shape index (κ3) is 6.10. The highest BCUT2D eigenvalue weighted by molar-refractivity contribution is 5.99. The number of carbonyl (C=O) groups is 3. The average molecular weight is 577 g/mol. The number of ketones is 1. The lowest BCUT2D eigenvalue weighted by molar-refractivity contribution is -0.132. The minimum absolute atomic E-state index is 0.000453. The highest BCUT2D eigenvalue weighted by Crippen LogP contribution is 2.32. The van der Waals surface area contributed by atoms with Crippen LogP contribution in [-0.2, 0) is 9.59 Å². The van der Waals surface area contributed by atoms with Gasteiger partial charge in [-0.25, -0.2) is 15.4 Å². The molecule has 13 nitrogen and oxygen atoms in total. The van der Waals surface area contributed by atoms with Crippen LogP contribution in [0.15, 0.2) is 29.3 Å². The van der Waals surface area contributed by atoms with Crippen molar-refractivity contribution in [3.05, 3.63) is 46.0 Å². The van der Waals surface area contributed by atoms with E-state index in [1.807, 2.05) is 12.1 Å². The molecular weight excluding hydrogens is 540 g/mol. The first-order valence-corrected chi connectivity index (χ1v) is 14.4. The van der Waals surface area contributed by atoms with Gasteiger partial charge in [-0.2, -0.15) is 4.98 Å². The summed E-state index contributed by atoms with van der Waals surface area (Å²) in [5.74, 6) is 0.112. The smallest absolute Gasteiger partial charge is 0.263 e. The number of anilines is 3. The fraction of sp³-hybridized carbons (Fsp3) is 0.483. The van der Waals surface area contributed by atoms with Gasteiger partial charge in [-0.1, -0.05) is 12.8 Å². The molecule has 1 saturated carbocycles. The van der Waals surface area contributed by atoms with Crippen LogP contribution < -0.4 is 21.3 Å². The number of nitrogens with one attached hydrogen (secondary N) is 2. The molecule has 5 rings (SSSR count). The molecule has 2 amide bonds. The van der Waals surface area contributed by atoms with Crippen LogP contribution in [0.4, 0.5) is 17.5 Å². The number of aromatic nitrogens is 4. The van der Waals surface area contributed by atoms with Gasteiger partial charge in [0.25, 0.3) is 5.56 Å². The minimum Gasteiger partial charge on any atom is -0.367 e. The summed E-state index contributed by atoms with van der Waals surface area (Å²) in [5, 5.41) is 12.4. The minimum atomic E-state index is -0.493. The van der Waals surface area contributed by atoms with E-state index in [4.69, 9.17) is 10.2 Å². The topological polar surface area (TPSA) is 163 Å². The van der Waals surface area contributed by atoms with Crippen LogP contribution >= 0.6 is 0 Å². The van der Waals surface area contributed by atoms with Gasteiger partial charge in [0.05, 0.1) is 17.4 Å². The SMILES string of the molecule is CC(=O)c1c(C)c2cnc(Nc3ccc(N4CCN(C(=O)CCCC(=O)NO)CC4)cn3)nc2n(C2CCCC2)c1=O. The maximum Gasteiger partial charge on any atom is 0.263 e. The van der Waals surface area contributed by atoms with Crippen LogP contribution in [0, 0.1) is 6.92 Å². The van der Waals surface area contributed by atoms with Crippen molar-refractivity contribution in [2.75, 3.05) is 36.4 Å². The largest absolute Gasteiger partial charge is 0.367 e. The van der Waals surface area contributed by atoms with Crippen molar-refractivity contribution >= 4 is 46.1 Å². The zero-order chi connectivity index (χ0) is 29.8. The molecule has 1 aliphatic carbocycles. The normalized spacial score (nSPS) is 15.7. The van der Waals surface area contributed by atoms with Crippen molar-refractivity contribution in [3.63, 3.8) is 0 Å². The highest BCUT2D eigenvalue weighted by atomic mass is 16.5. The Morgan fingerprint density at radius 1 is 1.02 bits per heavy atom. The quantitative estimate of drug-likeness (QED) is 0.196. The Morgan fingerprint density at radius 2 is 1.76 bits per heavy atom. The number of amides is 2. The molecule has 0 unspecified atom stereocenters. The molecule has 4 heterocycles. The number of carbonyl (C=O) groups excluding carboxylic acids is 3. The first kappa shape index (κ1) is 29.1. The lowest BCUT2D eigenvalue weighted by Gasteiger charge is -2.36. The van der Waals surface area contributed by atoms with Gasteiger partial charge in [0.15, 0.2) is 5.78 Å². The number of pyridine rings is 2. The number of aryl methyl sites for hydroxylation is 1. The second-order valence-electron chi connectivity index (χ2n) is 10.9. The second kappa shape index (κ2) is 12.6. The van der Waals surface area contributed by atoms with Crippen molar-refractivity contribution in [2.24, 2.45) is 0 Å². The number of hydrogen-bond acceptors (Lipinski definition) is 10. The van der Waals surface area contributed by atoms with E-state index in [2.05, 4.69) is 20.2 Å². The molecule has 3 aromatic rings. The molecule has 13 heteroatoms. The van der Waals surface area contributed by atoms with Gasteiger partial charge in [-0.3, -0.25) is 29.0 Å². The van der Waals surface area contributed by atoms with Gasteiger partial charge in [-0.05, 0) is 50.8 Å². The summed E-state index contributed by atoms with van der Waals surface area (Å²) in [7, 11) is 0. The summed E-state index contributed by atoms with van der Waals surface area (Å²) >= 11 is 0. The van der Waals surface area contributed by atoms with Gasteiger partial charge in [0.2, 0.25) is 17.8 Å². The lowest BCUT2D eigenvalue weighted by atomic mass is 10.0. The van der Waals surface area contributed by atoms with E-state index in [-0.39, 0.29) is 41.7 Å². The Kier molecular flexibility index (Phi) is 8.76. The number of nitrogens with zero attached hydrogens (tertiary/aromatic N) is 6. The number of fused-ring (bicyclic) bond motifs is 1. The van der Waals surface area contributed by atoms with Crippen LogP contribution in [0.25, 0.3) is 11.0 Å². The van der Waals surface area contributed by atoms with E-state index >= 15 is 0 Å². The maximum absolute atomic E-state index is 13.4. The molecule has 0 radical (unpaired) electrons. The number of Topliss-reactive ketones (excluding diaryl/α,β-unsaturated/α-hetero) is 1. The predicted octanol–water partition coefficient (Wildman–Crippen LogP) is 2.88. The molecule has 42 heavy (non-hydrogen) atoms. The Morgan fingerprint density at radius 3 is 2.40 bits per heavy atom. The van der Waals surface area contributed by atoms with Crippen molar-refractivity contribution < 1.29 is 19.6 Å². The predicted molar refractivity (Wildman–Crippen MR) is 156 cm³/mol. The van der Waals surface area contributed by atoms with Gasteiger partial charge in [0, 0.05) is 56.6 Å². The van der Waals surface area contributed by atoms with E-state index in [9.17, 15) is 19.2 Å². The third-order valence-electron chi connectivity index (χ3n) is 8.15. The summed E-state index contributed by atoms with van der Waals surface area (Å²) in [5.41, 5.74) is 3.54. The monoisotopic (exact) mass is 576 g/mol. The molecule has 3 aromatic heterocycles. The van der Waals surface area contributed by atoms with Gasteiger partial charge in [-0.15, -0.1) is 0 Å². The van der Waals surface area contributed by atoms with Crippen molar-refractivity contribution in [1.29, 1.82) is 0 Å². The Hall–Kier alpha value is -4.39. The van der Waals surface area contributed by atoms with E-state index in [1.54, 1.807) is 34.3 Å². The average Bonchev–Trinajstić information content (AvgIpc) is 3.52. The van der Waals surface area contributed by atoms with E-state index in [0.717, 1.165) is 31.4 Å². The fourth-order valence-electron chi connectivity index (χ4n) is 5.90. The summed E-state index contributed by atoms with van der Waals surface area (Å²) in [6, 6.07) is 3.78. The second-order valence-corrected chi connectivity index (χ2v) is 10.9. The lowest BCUT2D eigenvalue weighted by Crippen LogP contribution is -2.48. The molecule has 1 saturated heterocycles. The molecule has 2 fully saturated rings. The summed E-state index contributed by atoms with van der Waals surface area (Å²) < 4.78 is 1.69. The molecule has 0 bridgehead atoms. The number of piperazine rings is 1. The molecule has 222 valence electrons.